The molecule has 0 aliphatic rings. The van der Waals surface area contributed by atoms with Gasteiger partial charge in [-0.1, -0.05) is 31.6 Å². The molecule has 1 heteroatoms. The van der Waals surface area contributed by atoms with Gasteiger partial charge >= 0.3 is 0 Å². The van der Waals surface area contributed by atoms with Crippen molar-refractivity contribution >= 4 is 6.08 Å². The first kappa shape index (κ1) is 10.8. The molecule has 0 radical (unpaired) electrons. The fourth-order valence-electron chi connectivity index (χ4n) is 1.47. The van der Waals surface area contributed by atoms with Gasteiger partial charge in [-0.3, -0.25) is 0 Å². The lowest BCUT2D eigenvalue weighted by Crippen LogP contribution is -1.86. The van der Waals surface area contributed by atoms with Crippen molar-refractivity contribution in [1.82, 2.24) is 0 Å². The molecule has 14 heavy (non-hydrogen) atoms. The summed E-state index contributed by atoms with van der Waals surface area (Å²) in [6.45, 7) is 4.16. The fraction of sp³-hybridized carbons (Fsp3) is 0.385. The molecule has 0 saturated heterocycles. The highest BCUT2D eigenvalue weighted by Gasteiger charge is 2.00. The highest BCUT2D eigenvalue weighted by molar-refractivity contribution is 5.52. The van der Waals surface area contributed by atoms with Crippen molar-refractivity contribution in [2.45, 2.75) is 33.1 Å². The van der Waals surface area contributed by atoms with Crippen LogP contribution in [-0.2, 0) is 6.42 Å². The summed E-state index contributed by atoms with van der Waals surface area (Å²) >= 11 is 0. The maximum atomic E-state index is 9.61. The standard InChI is InChI=1S/C13H18O/c1-3-5-7-12-10-11(6-4-2)8-9-13(12)14/h4,6,8-10,14H,3,5,7H2,1-2H3. The molecule has 0 aromatic heterocycles. The van der Waals surface area contributed by atoms with Crippen LogP contribution in [0.2, 0.25) is 0 Å². The Labute approximate surface area is 86.1 Å². The zero-order chi connectivity index (χ0) is 10.4. The smallest absolute Gasteiger partial charge is 0.118 e. The van der Waals surface area contributed by atoms with Gasteiger partial charge in [0.05, 0.1) is 0 Å². The number of allylic oxidation sites excluding steroid dienone is 1. The van der Waals surface area contributed by atoms with E-state index < -0.39 is 0 Å². The van der Waals surface area contributed by atoms with Crippen molar-refractivity contribution < 1.29 is 5.11 Å². The van der Waals surface area contributed by atoms with E-state index in [1.54, 1.807) is 6.07 Å². The lowest BCUT2D eigenvalue weighted by Gasteiger charge is -2.04. The summed E-state index contributed by atoms with van der Waals surface area (Å²) in [4.78, 5) is 0. The summed E-state index contributed by atoms with van der Waals surface area (Å²) in [5.41, 5.74) is 2.22. The Morgan fingerprint density at radius 2 is 2.14 bits per heavy atom. The topological polar surface area (TPSA) is 20.2 Å². The molecule has 76 valence electrons. The van der Waals surface area contributed by atoms with Gasteiger partial charge < -0.3 is 5.11 Å². The Bertz CT molecular complexity index is 313. The number of benzene rings is 1. The number of unbranched alkanes of at least 4 members (excludes halogenated alkanes) is 1. The molecule has 0 heterocycles. The van der Waals surface area contributed by atoms with E-state index in [0.29, 0.717) is 5.75 Å². The zero-order valence-corrected chi connectivity index (χ0v) is 8.96. The monoisotopic (exact) mass is 190 g/mol. The van der Waals surface area contributed by atoms with Gasteiger partial charge in [-0.25, -0.2) is 0 Å². The van der Waals surface area contributed by atoms with Crippen LogP contribution in [0.3, 0.4) is 0 Å². The van der Waals surface area contributed by atoms with Crippen LogP contribution in [-0.4, -0.2) is 5.11 Å². The van der Waals surface area contributed by atoms with E-state index in [1.807, 2.05) is 19.1 Å². The molecule has 1 aromatic carbocycles. The normalized spacial score (nSPS) is 11.0. The second-order valence-electron chi connectivity index (χ2n) is 3.49. The zero-order valence-electron chi connectivity index (χ0n) is 8.96. The van der Waals surface area contributed by atoms with E-state index in [1.165, 1.54) is 0 Å². The third-order valence-electron chi connectivity index (χ3n) is 2.26. The minimum atomic E-state index is 0.423. The van der Waals surface area contributed by atoms with Gasteiger partial charge in [0.1, 0.15) is 5.75 Å². The molecule has 0 saturated carbocycles. The van der Waals surface area contributed by atoms with E-state index in [9.17, 15) is 5.11 Å². The van der Waals surface area contributed by atoms with E-state index in [-0.39, 0.29) is 0 Å². The van der Waals surface area contributed by atoms with Gasteiger partial charge in [0.2, 0.25) is 0 Å². The first-order valence-corrected chi connectivity index (χ1v) is 5.22. The quantitative estimate of drug-likeness (QED) is 0.766. The Hall–Kier alpha value is -1.24. The SMILES string of the molecule is CC=Cc1ccc(O)c(CCCC)c1. The molecular weight excluding hydrogens is 172 g/mol. The maximum Gasteiger partial charge on any atom is 0.118 e. The summed E-state index contributed by atoms with van der Waals surface area (Å²) < 4.78 is 0. The van der Waals surface area contributed by atoms with Crippen molar-refractivity contribution in [3.8, 4) is 5.75 Å². The average molecular weight is 190 g/mol. The second kappa shape index (κ2) is 5.48. The number of aryl methyl sites for hydroxylation is 1. The summed E-state index contributed by atoms with van der Waals surface area (Å²) in [6.07, 6.45) is 7.32. The van der Waals surface area contributed by atoms with Gasteiger partial charge in [0, 0.05) is 0 Å². The van der Waals surface area contributed by atoms with Gasteiger partial charge in [-0.15, -0.1) is 0 Å². The number of aromatic hydroxyl groups is 1. The molecule has 1 N–H and O–H groups in total. The van der Waals surface area contributed by atoms with Crippen molar-refractivity contribution in [2.75, 3.05) is 0 Å². The minimum Gasteiger partial charge on any atom is -0.508 e. The van der Waals surface area contributed by atoms with Crippen LogP contribution in [0.4, 0.5) is 0 Å². The predicted octanol–water partition coefficient (Wildman–Crippen LogP) is 3.77. The Morgan fingerprint density at radius 1 is 1.36 bits per heavy atom. The van der Waals surface area contributed by atoms with Crippen LogP contribution < -0.4 is 0 Å². The van der Waals surface area contributed by atoms with Crippen molar-refractivity contribution in [3.63, 3.8) is 0 Å². The van der Waals surface area contributed by atoms with Gasteiger partial charge in [-0.05, 0) is 43.0 Å². The molecule has 0 aliphatic carbocycles. The van der Waals surface area contributed by atoms with E-state index >= 15 is 0 Å². The molecule has 1 nitrogen and oxygen atoms in total. The molecule has 0 atom stereocenters. The molecule has 0 amide bonds. The molecule has 0 bridgehead atoms. The highest BCUT2D eigenvalue weighted by Crippen LogP contribution is 2.21. The maximum absolute atomic E-state index is 9.61. The summed E-state index contributed by atoms with van der Waals surface area (Å²) in [6, 6.07) is 5.77. The number of hydrogen-bond acceptors (Lipinski definition) is 1. The van der Waals surface area contributed by atoms with Gasteiger partial charge in [0.15, 0.2) is 0 Å². The third-order valence-corrected chi connectivity index (χ3v) is 2.26. The second-order valence-corrected chi connectivity index (χ2v) is 3.49. The highest BCUT2D eigenvalue weighted by atomic mass is 16.3. The lowest BCUT2D eigenvalue weighted by atomic mass is 10.0. The fourth-order valence-corrected chi connectivity index (χ4v) is 1.47. The molecule has 0 unspecified atom stereocenters. The first-order valence-electron chi connectivity index (χ1n) is 5.22. The van der Waals surface area contributed by atoms with Crippen molar-refractivity contribution in [1.29, 1.82) is 0 Å². The Balaban J connectivity index is 2.84. The van der Waals surface area contributed by atoms with Crippen LogP contribution in [0, 0.1) is 0 Å². The molecule has 0 aliphatic heterocycles. The Morgan fingerprint density at radius 3 is 2.79 bits per heavy atom. The summed E-state index contributed by atoms with van der Waals surface area (Å²) in [5.74, 6) is 0.423. The van der Waals surface area contributed by atoms with Crippen LogP contribution in [0.15, 0.2) is 24.3 Å². The third kappa shape index (κ3) is 2.91. The van der Waals surface area contributed by atoms with Gasteiger partial charge in [0.25, 0.3) is 0 Å². The number of phenols is 1. The van der Waals surface area contributed by atoms with Crippen LogP contribution in [0.1, 0.15) is 37.8 Å². The number of phenolic OH excluding ortho intramolecular Hbond substituents is 1. The van der Waals surface area contributed by atoms with Crippen molar-refractivity contribution in [3.05, 3.63) is 35.4 Å². The van der Waals surface area contributed by atoms with Gasteiger partial charge in [-0.2, -0.15) is 0 Å². The lowest BCUT2D eigenvalue weighted by molar-refractivity contribution is 0.467. The van der Waals surface area contributed by atoms with Crippen molar-refractivity contribution in [2.24, 2.45) is 0 Å². The number of rotatable bonds is 4. The number of hydrogen-bond donors (Lipinski definition) is 1. The summed E-state index contributed by atoms with van der Waals surface area (Å²) in [7, 11) is 0. The molecule has 1 aromatic rings. The predicted molar refractivity (Wildman–Crippen MR) is 61.4 cm³/mol. The Kier molecular flexibility index (Phi) is 4.24. The molecule has 1 rings (SSSR count). The largest absolute Gasteiger partial charge is 0.508 e. The van der Waals surface area contributed by atoms with Crippen LogP contribution >= 0.6 is 0 Å². The molecule has 0 spiro atoms. The average Bonchev–Trinajstić information content (AvgIpc) is 2.19. The van der Waals surface area contributed by atoms with E-state index in [4.69, 9.17) is 0 Å². The molecular formula is C13H18O. The first-order chi connectivity index (χ1) is 6.77. The minimum absolute atomic E-state index is 0.423. The molecule has 0 fully saturated rings. The van der Waals surface area contributed by atoms with E-state index in [2.05, 4.69) is 19.1 Å². The van der Waals surface area contributed by atoms with E-state index in [0.717, 1.165) is 30.4 Å². The summed E-state index contributed by atoms with van der Waals surface area (Å²) in [5, 5.41) is 9.61. The van der Waals surface area contributed by atoms with Crippen LogP contribution in [0.5, 0.6) is 5.75 Å². The van der Waals surface area contributed by atoms with Crippen LogP contribution in [0.25, 0.3) is 6.08 Å².